The fourth-order valence-corrected chi connectivity index (χ4v) is 5.25. The van der Waals surface area contributed by atoms with Crippen LogP contribution in [0.1, 0.15) is 11.1 Å². The van der Waals surface area contributed by atoms with Crippen molar-refractivity contribution in [3.8, 4) is 0 Å². The molecule has 1 aromatic carbocycles. The second-order valence-corrected chi connectivity index (χ2v) is 9.39. The maximum Gasteiger partial charge on any atom is 0.243 e. The van der Waals surface area contributed by atoms with Crippen LogP contribution in [0, 0.1) is 6.92 Å². The van der Waals surface area contributed by atoms with Crippen LogP contribution in [0.25, 0.3) is 11.0 Å². The normalized spacial score (nSPS) is 16.6. The topological polar surface area (TPSA) is 58.4 Å². The highest BCUT2D eigenvalue weighted by Crippen LogP contribution is 2.21. The minimum Gasteiger partial charge on any atom is -0.335 e. The summed E-state index contributed by atoms with van der Waals surface area (Å²) in [5.41, 5.74) is 3.36. The van der Waals surface area contributed by atoms with E-state index in [-0.39, 0.29) is 0 Å². The van der Waals surface area contributed by atoms with Crippen molar-refractivity contribution in [3.05, 3.63) is 59.9 Å². The number of piperazine rings is 1. The largest absolute Gasteiger partial charge is 0.335 e. The number of aromatic nitrogens is 2. The molecule has 3 aromatic rings. The molecule has 1 aliphatic rings. The SMILES string of the molecule is Cc1ccc(S(=O)(=O)N2CCN(CCc3cn(C)c4ncccc34)CC2)cc1. The Labute approximate surface area is 166 Å². The van der Waals surface area contributed by atoms with Crippen molar-refractivity contribution in [2.75, 3.05) is 32.7 Å². The fourth-order valence-electron chi connectivity index (χ4n) is 3.82. The quantitative estimate of drug-likeness (QED) is 0.662. The zero-order valence-corrected chi connectivity index (χ0v) is 17.2. The summed E-state index contributed by atoms with van der Waals surface area (Å²) in [7, 11) is -1.38. The van der Waals surface area contributed by atoms with Crippen molar-refractivity contribution in [1.29, 1.82) is 0 Å². The molecule has 1 fully saturated rings. The summed E-state index contributed by atoms with van der Waals surface area (Å²) in [6.07, 6.45) is 4.91. The van der Waals surface area contributed by atoms with E-state index in [9.17, 15) is 8.42 Å². The maximum absolute atomic E-state index is 12.8. The average Bonchev–Trinajstić information content (AvgIpc) is 3.03. The summed E-state index contributed by atoms with van der Waals surface area (Å²) in [5.74, 6) is 0. The van der Waals surface area contributed by atoms with Crippen molar-refractivity contribution >= 4 is 21.1 Å². The summed E-state index contributed by atoms with van der Waals surface area (Å²) in [6.45, 7) is 5.47. The van der Waals surface area contributed by atoms with Crippen molar-refractivity contribution < 1.29 is 8.42 Å². The smallest absolute Gasteiger partial charge is 0.243 e. The average molecular weight is 399 g/mol. The first-order valence-corrected chi connectivity index (χ1v) is 11.1. The molecule has 0 saturated carbocycles. The zero-order valence-electron chi connectivity index (χ0n) is 16.4. The number of hydrogen-bond acceptors (Lipinski definition) is 4. The number of aryl methyl sites for hydroxylation is 2. The minimum atomic E-state index is -3.40. The van der Waals surface area contributed by atoms with Gasteiger partial charge in [-0.25, -0.2) is 13.4 Å². The molecule has 1 aliphatic heterocycles. The Hall–Kier alpha value is -2.22. The third-order valence-corrected chi connectivity index (χ3v) is 7.42. The van der Waals surface area contributed by atoms with Gasteiger partial charge in [-0.15, -0.1) is 0 Å². The van der Waals surface area contributed by atoms with Crippen LogP contribution in [0.3, 0.4) is 0 Å². The first-order valence-electron chi connectivity index (χ1n) is 9.63. The van der Waals surface area contributed by atoms with Crippen LogP contribution in [-0.4, -0.2) is 59.9 Å². The molecule has 0 N–H and O–H groups in total. The molecule has 2 aromatic heterocycles. The van der Waals surface area contributed by atoms with Gasteiger partial charge in [0, 0.05) is 57.6 Å². The first-order chi connectivity index (χ1) is 13.4. The molecule has 0 aliphatic carbocycles. The van der Waals surface area contributed by atoms with E-state index in [0.717, 1.165) is 37.3 Å². The van der Waals surface area contributed by atoms with Gasteiger partial charge < -0.3 is 9.47 Å². The van der Waals surface area contributed by atoms with E-state index in [0.29, 0.717) is 18.0 Å². The first kappa shape index (κ1) is 19.1. The molecule has 0 spiro atoms. The van der Waals surface area contributed by atoms with E-state index in [1.165, 1.54) is 10.9 Å². The van der Waals surface area contributed by atoms with Crippen LogP contribution >= 0.6 is 0 Å². The van der Waals surface area contributed by atoms with Gasteiger partial charge in [0.05, 0.1) is 4.90 Å². The van der Waals surface area contributed by atoms with Crippen molar-refractivity contribution in [2.24, 2.45) is 7.05 Å². The van der Waals surface area contributed by atoms with Crippen LogP contribution in [0.4, 0.5) is 0 Å². The number of nitrogens with zero attached hydrogens (tertiary/aromatic N) is 4. The van der Waals surface area contributed by atoms with Gasteiger partial charge in [-0.05, 0) is 43.2 Å². The Kier molecular flexibility index (Phi) is 5.23. The summed E-state index contributed by atoms with van der Waals surface area (Å²) >= 11 is 0. The van der Waals surface area contributed by atoms with E-state index in [2.05, 4.69) is 26.7 Å². The highest BCUT2D eigenvalue weighted by Gasteiger charge is 2.28. The number of pyridine rings is 1. The molecule has 1 saturated heterocycles. The number of benzene rings is 1. The summed E-state index contributed by atoms with van der Waals surface area (Å²) in [5, 5.41) is 1.20. The van der Waals surface area contributed by atoms with Gasteiger partial charge in [-0.3, -0.25) is 0 Å². The number of hydrogen-bond donors (Lipinski definition) is 0. The van der Waals surface area contributed by atoms with E-state index in [1.54, 1.807) is 16.4 Å². The molecule has 4 rings (SSSR count). The molecule has 0 bridgehead atoms. The highest BCUT2D eigenvalue weighted by atomic mass is 32.2. The van der Waals surface area contributed by atoms with Gasteiger partial charge in [0.1, 0.15) is 5.65 Å². The molecule has 0 atom stereocenters. The summed E-state index contributed by atoms with van der Waals surface area (Å²) in [4.78, 5) is 7.17. The predicted molar refractivity (Wildman–Crippen MR) is 111 cm³/mol. The predicted octanol–water partition coefficient (Wildman–Crippen LogP) is 2.43. The van der Waals surface area contributed by atoms with Gasteiger partial charge in [-0.2, -0.15) is 4.31 Å². The van der Waals surface area contributed by atoms with Crippen molar-refractivity contribution in [1.82, 2.24) is 18.8 Å². The molecule has 3 heterocycles. The van der Waals surface area contributed by atoms with Crippen LogP contribution in [0.15, 0.2) is 53.7 Å². The third-order valence-electron chi connectivity index (χ3n) is 5.50. The van der Waals surface area contributed by atoms with Crippen LogP contribution in [-0.2, 0) is 23.5 Å². The van der Waals surface area contributed by atoms with E-state index in [1.807, 2.05) is 38.4 Å². The molecule has 0 amide bonds. The second kappa shape index (κ2) is 7.66. The Morgan fingerprint density at radius 2 is 1.75 bits per heavy atom. The second-order valence-electron chi connectivity index (χ2n) is 7.45. The summed E-state index contributed by atoms with van der Waals surface area (Å²) < 4.78 is 29.3. The molecule has 148 valence electrons. The molecule has 0 unspecified atom stereocenters. The van der Waals surface area contributed by atoms with Gasteiger partial charge >= 0.3 is 0 Å². The van der Waals surface area contributed by atoms with Gasteiger partial charge in [0.2, 0.25) is 10.0 Å². The standard InChI is InChI=1S/C21H26N4O2S/c1-17-5-7-19(8-6-17)28(26,27)25-14-12-24(13-15-25)11-9-18-16-23(2)21-20(18)4-3-10-22-21/h3-8,10,16H,9,11-15H2,1-2H3. The maximum atomic E-state index is 12.8. The monoisotopic (exact) mass is 398 g/mol. The molecular weight excluding hydrogens is 372 g/mol. The Morgan fingerprint density at radius 3 is 2.46 bits per heavy atom. The lowest BCUT2D eigenvalue weighted by Gasteiger charge is -2.34. The molecule has 7 heteroatoms. The molecule has 28 heavy (non-hydrogen) atoms. The molecular formula is C21H26N4O2S. The zero-order chi connectivity index (χ0) is 19.7. The Bertz CT molecular complexity index is 1070. The Morgan fingerprint density at radius 1 is 1.04 bits per heavy atom. The van der Waals surface area contributed by atoms with Gasteiger partial charge in [0.25, 0.3) is 0 Å². The number of rotatable bonds is 5. The van der Waals surface area contributed by atoms with Crippen LogP contribution < -0.4 is 0 Å². The van der Waals surface area contributed by atoms with Crippen molar-refractivity contribution in [2.45, 2.75) is 18.2 Å². The molecule has 6 nitrogen and oxygen atoms in total. The lowest BCUT2D eigenvalue weighted by atomic mass is 10.1. The fraction of sp³-hybridized carbons (Fsp3) is 0.381. The lowest BCUT2D eigenvalue weighted by Crippen LogP contribution is -2.48. The van der Waals surface area contributed by atoms with Gasteiger partial charge in [0.15, 0.2) is 0 Å². The Balaban J connectivity index is 1.37. The van der Waals surface area contributed by atoms with Crippen molar-refractivity contribution in [3.63, 3.8) is 0 Å². The van der Waals surface area contributed by atoms with Crippen LogP contribution in [0.5, 0.6) is 0 Å². The lowest BCUT2D eigenvalue weighted by molar-refractivity contribution is 0.190. The minimum absolute atomic E-state index is 0.384. The van der Waals surface area contributed by atoms with Crippen LogP contribution in [0.2, 0.25) is 0 Å². The summed E-state index contributed by atoms with van der Waals surface area (Å²) in [6, 6.07) is 11.2. The van der Waals surface area contributed by atoms with E-state index in [4.69, 9.17) is 0 Å². The number of fused-ring (bicyclic) bond motifs is 1. The molecule has 0 radical (unpaired) electrons. The third kappa shape index (κ3) is 3.70. The number of sulfonamides is 1. The van der Waals surface area contributed by atoms with E-state index >= 15 is 0 Å². The van der Waals surface area contributed by atoms with Gasteiger partial charge in [-0.1, -0.05) is 17.7 Å². The highest BCUT2D eigenvalue weighted by molar-refractivity contribution is 7.89. The van der Waals surface area contributed by atoms with E-state index < -0.39 is 10.0 Å².